The van der Waals surface area contributed by atoms with Gasteiger partial charge in [-0.2, -0.15) is 0 Å². The van der Waals surface area contributed by atoms with E-state index in [1.807, 2.05) is 0 Å². The summed E-state index contributed by atoms with van der Waals surface area (Å²) in [5.74, 6) is -0.568. The third-order valence-corrected chi connectivity index (χ3v) is 6.93. The lowest BCUT2D eigenvalue weighted by atomic mass is 10.1. The van der Waals surface area contributed by atoms with E-state index in [9.17, 15) is 9.35 Å². The summed E-state index contributed by atoms with van der Waals surface area (Å²) in [5, 5.41) is 8.02. The van der Waals surface area contributed by atoms with Crippen molar-refractivity contribution in [3.8, 4) is 9.75 Å². The molecular formula is C15H19NO3S3. The summed E-state index contributed by atoms with van der Waals surface area (Å²) in [4.78, 5) is 16.5. The Morgan fingerprint density at radius 1 is 1.32 bits per heavy atom. The van der Waals surface area contributed by atoms with Crippen molar-refractivity contribution in [3.63, 3.8) is 0 Å². The number of hydroxylamine groups is 1. The number of hydrogen-bond acceptors (Lipinski definition) is 5. The number of aryl methyl sites for hydroxylation is 2. The molecule has 0 aliphatic carbocycles. The molecule has 0 aliphatic rings. The molecule has 7 heteroatoms. The molecule has 2 N–H and O–H groups in total. The highest BCUT2D eigenvalue weighted by Crippen LogP contribution is 2.33. The van der Waals surface area contributed by atoms with Gasteiger partial charge in [0.05, 0.1) is 6.26 Å². The molecule has 0 aliphatic heterocycles. The van der Waals surface area contributed by atoms with Gasteiger partial charge in [0.25, 0.3) is 5.91 Å². The van der Waals surface area contributed by atoms with Crippen LogP contribution in [0.15, 0.2) is 24.3 Å². The fourth-order valence-corrected chi connectivity index (χ4v) is 5.05. The monoisotopic (exact) mass is 357 g/mol. The molecule has 0 saturated heterocycles. The van der Waals surface area contributed by atoms with Crippen molar-refractivity contribution in [3.05, 3.63) is 34.0 Å². The van der Waals surface area contributed by atoms with Gasteiger partial charge in [-0.05, 0) is 55.2 Å². The standard InChI is InChI=1S/C15H19NO3S3/c1-10-6-8-12(20-10)13-9-7-11(21-13)4-3-5-14(22(2)19)15(17)16-18/h6-9,14,18H,3-5H2,1-2H3,(H,16,17). The molecule has 2 atom stereocenters. The highest BCUT2D eigenvalue weighted by Gasteiger charge is 2.26. The third-order valence-electron chi connectivity index (χ3n) is 3.34. The van der Waals surface area contributed by atoms with Crippen molar-refractivity contribution in [2.24, 2.45) is 0 Å². The molecule has 2 unspecified atom stereocenters. The van der Waals surface area contributed by atoms with Gasteiger partial charge in [-0.1, -0.05) is 0 Å². The Labute approximate surface area is 141 Å². The Kier molecular flexibility index (Phi) is 6.46. The molecule has 2 aromatic rings. The van der Waals surface area contributed by atoms with Crippen LogP contribution in [0.25, 0.3) is 9.75 Å². The van der Waals surface area contributed by atoms with Crippen LogP contribution in [0.3, 0.4) is 0 Å². The fourth-order valence-electron chi connectivity index (χ4n) is 2.19. The maximum Gasteiger partial charge on any atom is 0.296 e. The number of carbonyl (C=O) groups is 1. The van der Waals surface area contributed by atoms with Crippen molar-refractivity contribution in [1.29, 1.82) is 0 Å². The first-order chi connectivity index (χ1) is 10.5. The summed E-state index contributed by atoms with van der Waals surface area (Å²) in [7, 11) is 0. The summed E-state index contributed by atoms with van der Waals surface area (Å²) >= 11 is 2.26. The quantitative estimate of drug-likeness (QED) is 0.453. The summed E-state index contributed by atoms with van der Waals surface area (Å²) in [6, 6.07) is 8.49. The molecule has 4 nitrogen and oxygen atoms in total. The maximum absolute atomic E-state index is 11.5. The second-order valence-electron chi connectivity index (χ2n) is 5.03. The van der Waals surface area contributed by atoms with Gasteiger partial charge in [-0.15, -0.1) is 22.7 Å². The summed E-state index contributed by atoms with van der Waals surface area (Å²) in [5.41, 5.74) is 1.59. The number of rotatable bonds is 7. The molecule has 0 bridgehead atoms. The van der Waals surface area contributed by atoms with Crippen LogP contribution in [0, 0.1) is 6.92 Å². The summed E-state index contributed by atoms with van der Waals surface area (Å²) in [6.07, 6.45) is 3.60. The molecule has 0 saturated carbocycles. The van der Waals surface area contributed by atoms with E-state index in [1.165, 1.54) is 25.8 Å². The average Bonchev–Trinajstić information content (AvgIpc) is 3.11. The van der Waals surface area contributed by atoms with Crippen molar-refractivity contribution >= 4 is 39.8 Å². The Morgan fingerprint density at radius 3 is 2.59 bits per heavy atom. The smallest absolute Gasteiger partial charge is 0.296 e. The van der Waals surface area contributed by atoms with Crippen molar-refractivity contribution in [2.45, 2.75) is 31.4 Å². The predicted octanol–water partition coefficient (Wildman–Crippen LogP) is 3.36. The fraction of sp³-hybridized carbons (Fsp3) is 0.400. The molecule has 2 rings (SSSR count). The first kappa shape index (κ1) is 17.5. The second-order valence-corrected chi connectivity index (χ2v) is 9.05. The van der Waals surface area contributed by atoms with Crippen LogP contribution in [0.4, 0.5) is 0 Å². The zero-order valence-corrected chi connectivity index (χ0v) is 14.9. The Bertz CT molecular complexity index is 621. The Hall–Kier alpha value is -0.860. The number of nitrogens with one attached hydrogen (secondary N) is 1. The van der Waals surface area contributed by atoms with Gasteiger partial charge in [0.15, 0.2) is 5.25 Å². The first-order valence-corrected chi connectivity index (χ1v) is 10.2. The first-order valence-electron chi connectivity index (χ1n) is 6.93. The van der Waals surface area contributed by atoms with Gasteiger partial charge in [0.2, 0.25) is 0 Å². The van der Waals surface area contributed by atoms with Crippen LogP contribution >= 0.6 is 22.7 Å². The Balaban J connectivity index is 1.89. The molecule has 0 aromatic carbocycles. The van der Waals surface area contributed by atoms with Crippen molar-refractivity contribution < 1.29 is 14.6 Å². The van der Waals surface area contributed by atoms with E-state index < -0.39 is 22.3 Å². The molecule has 22 heavy (non-hydrogen) atoms. The van der Waals surface area contributed by atoms with Crippen LogP contribution < -0.4 is 5.48 Å². The van der Waals surface area contributed by atoms with E-state index in [0.717, 1.165) is 12.8 Å². The zero-order valence-electron chi connectivity index (χ0n) is 12.5. The molecule has 0 radical (unpaired) electrons. The van der Waals surface area contributed by atoms with Gasteiger partial charge >= 0.3 is 0 Å². The van der Waals surface area contributed by atoms with Gasteiger partial charge in [-0.25, -0.2) is 5.48 Å². The van der Waals surface area contributed by atoms with E-state index in [1.54, 1.807) is 28.2 Å². The highest BCUT2D eigenvalue weighted by molar-refractivity contribution is 7.92. The van der Waals surface area contributed by atoms with Crippen LogP contribution in [-0.2, 0) is 22.4 Å². The van der Waals surface area contributed by atoms with Crippen LogP contribution in [-0.4, -0.2) is 27.2 Å². The lowest BCUT2D eigenvalue weighted by Crippen LogP contribution is -2.37. The Morgan fingerprint density at radius 2 is 2.00 bits per heavy atom. The van der Waals surface area contributed by atoms with Crippen LogP contribution in [0.1, 0.15) is 22.6 Å². The number of hydrogen-bond donors (Lipinski definition) is 2. The van der Waals surface area contributed by atoms with Gasteiger partial charge < -0.3 is 4.55 Å². The average molecular weight is 358 g/mol. The van der Waals surface area contributed by atoms with Gasteiger partial charge in [0, 0.05) is 25.9 Å². The molecule has 2 heterocycles. The molecule has 2 aromatic heterocycles. The van der Waals surface area contributed by atoms with E-state index in [4.69, 9.17) is 5.21 Å². The van der Waals surface area contributed by atoms with Gasteiger partial charge in [-0.3, -0.25) is 10.0 Å². The number of amides is 1. The topological polar surface area (TPSA) is 72.4 Å². The number of carbonyl (C=O) groups excluding carboxylic acids is 1. The lowest BCUT2D eigenvalue weighted by Gasteiger charge is -2.16. The minimum Gasteiger partial charge on any atom is -0.616 e. The van der Waals surface area contributed by atoms with E-state index in [-0.39, 0.29) is 0 Å². The normalized spacial score (nSPS) is 13.8. The minimum atomic E-state index is -1.28. The largest absolute Gasteiger partial charge is 0.616 e. The van der Waals surface area contributed by atoms with Crippen molar-refractivity contribution in [1.82, 2.24) is 5.48 Å². The lowest BCUT2D eigenvalue weighted by molar-refractivity contribution is -0.128. The predicted molar refractivity (Wildman–Crippen MR) is 93.1 cm³/mol. The van der Waals surface area contributed by atoms with E-state index >= 15 is 0 Å². The number of thiophene rings is 2. The minimum absolute atomic E-state index is 0.501. The van der Waals surface area contributed by atoms with Crippen LogP contribution in [0.2, 0.25) is 0 Å². The maximum atomic E-state index is 11.5. The van der Waals surface area contributed by atoms with E-state index in [0.29, 0.717) is 6.42 Å². The summed E-state index contributed by atoms with van der Waals surface area (Å²) in [6.45, 7) is 2.10. The molecule has 1 amide bonds. The van der Waals surface area contributed by atoms with Crippen molar-refractivity contribution in [2.75, 3.05) is 6.26 Å². The van der Waals surface area contributed by atoms with Crippen LogP contribution in [0.5, 0.6) is 0 Å². The molecule has 0 spiro atoms. The molecular weight excluding hydrogens is 338 g/mol. The second kappa shape index (κ2) is 8.12. The summed E-state index contributed by atoms with van der Waals surface area (Å²) < 4.78 is 11.5. The molecule has 120 valence electrons. The van der Waals surface area contributed by atoms with Gasteiger partial charge in [0.1, 0.15) is 0 Å². The highest BCUT2D eigenvalue weighted by atomic mass is 32.2. The SMILES string of the molecule is Cc1ccc(-c2ccc(CCCC(C(=O)NO)[S+](C)[O-])s2)s1. The molecule has 0 fully saturated rings. The van der Waals surface area contributed by atoms with E-state index in [2.05, 4.69) is 31.2 Å². The zero-order chi connectivity index (χ0) is 16.1. The third kappa shape index (κ3) is 4.57.